The van der Waals surface area contributed by atoms with Crippen molar-refractivity contribution in [1.82, 2.24) is 10.2 Å². The van der Waals surface area contributed by atoms with E-state index in [9.17, 15) is 14.4 Å². The van der Waals surface area contributed by atoms with Gasteiger partial charge >= 0.3 is 6.09 Å². The van der Waals surface area contributed by atoms with Gasteiger partial charge in [0.1, 0.15) is 17.7 Å². The number of thiol groups is 1. The van der Waals surface area contributed by atoms with E-state index < -0.39 is 23.8 Å². The molecule has 2 unspecified atom stereocenters. The molecule has 0 spiro atoms. The molecule has 2 atom stereocenters. The summed E-state index contributed by atoms with van der Waals surface area (Å²) in [5, 5.41) is 5.77. The zero-order valence-corrected chi connectivity index (χ0v) is 23.7. The van der Waals surface area contributed by atoms with Crippen molar-refractivity contribution in [3.63, 3.8) is 0 Å². The van der Waals surface area contributed by atoms with Crippen molar-refractivity contribution in [3.8, 4) is 0 Å². The van der Waals surface area contributed by atoms with Gasteiger partial charge in [0.15, 0.2) is 0 Å². The fourth-order valence-corrected chi connectivity index (χ4v) is 4.62. The fourth-order valence-electron chi connectivity index (χ4n) is 4.38. The van der Waals surface area contributed by atoms with E-state index in [1.165, 1.54) is 0 Å². The average molecular weight is 526 g/mol. The molecule has 3 amide bonds. The number of aryl methyl sites for hydroxylation is 3. The number of alkyl carbamates (subject to hydrolysis) is 1. The molecule has 2 aromatic rings. The number of benzene rings is 2. The summed E-state index contributed by atoms with van der Waals surface area (Å²) in [6.07, 6.45) is 0.879. The van der Waals surface area contributed by atoms with Gasteiger partial charge in [-0.15, -0.1) is 0 Å². The maximum absolute atomic E-state index is 14.0. The smallest absolute Gasteiger partial charge is 0.408 e. The van der Waals surface area contributed by atoms with Crippen LogP contribution in [0.4, 0.5) is 10.5 Å². The van der Waals surface area contributed by atoms with E-state index in [1.54, 1.807) is 25.7 Å². The summed E-state index contributed by atoms with van der Waals surface area (Å²) in [4.78, 5) is 42.2. The van der Waals surface area contributed by atoms with Gasteiger partial charge in [0, 0.05) is 17.5 Å². The van der Waals surface area contributed by atoms with Crippen molar-refractivity contribution in [2.45, 2.75) is 85.0 Å². The third kappa shape index (κ3) is 7.06. The molecule has 0 aliphatic heterocycles. The van der Waals surface area contributed by atoms with E-state index in [-0.39, 0.29) is 23.6 Å². The van der Waals surface area contributed by atoms with Gasteiger partial charge in [0.05, 0.1) is 0 Å². The van der Waals surface area contributed by atoms with Crippen LogP contribution in [-0.2, 0) is 14.3 Å². The summed E-state index contributed by atoms with van der Waals surface area (Å²) in [6, 6.07) is 9.70. The van der Waals surface area contributed by atoms with Gasteiger partial charge in [0.25, 0.3) is 5.91 Å². The Morgan fingerprint density at radius 2 is 1.57 bits per heavy atom. The second-order valence-electron chi connectivity index (χ2n) is 10.8. The number of hydrogen-bond donors (Lipinski definition) is 3. The molecule has 0 aromatic heterocycles. The van der Waals surface area contributed by atoms with Crippen LogP contribution in [0.25, 0.3) is 0 Å². The minimum atomic E-state index is -0.945. The number of rotatable bonds is 8. The van der Waals surface area contributed by atoms with E-state index in [4.69, 9.17) is 4.74 Å². The van der Waals surface area contributed by atoms with Gasteiger partial charge in [-0.1, -0.05) is 36.4 Å². The SMILES string of the molecule is Cc1cccc(C(C(=O)Nc2c(C)cccc2C)N(C(=O)C(CS)NC(=O)OC(C)(C)C)C2CC2)c1C. The first kappa shape index (κ1) is 28.6. The Kier molecular flexibility index (Phi) is 8.95. The minimum absolute atomic E-state index is 0.0688. The first-order valence-electron chi connectivity index (χ1n) is 12.7. The predicted molar refractivity (Wildman–Crippen MR) is 150 cm³/mol. The molecule has 200 valence electrons. The standard InChI is InChI=1S/C29H39N3O4S/c1-17-10-9-13-22(20(17)4)25(26(33)31-24-18(2)11-8-12-19(24)3)32(21-14-15-21)27(34)23(16-37)30-28(35)36-29(5,6)7/h8-13,21,23,25,37H,14-16H2,1-7H3,(H,30,35)(H,31,33). The van der Waals surface area contributed by atoms with Crippen molar-refractivity contribution in [2.24, 2.45) is 0 Å². The number of amides is 3. The van der Waals surface area contributed by atoms with Crippen LogP contribution < -0.4 is 10.6 Å². The molecule has 8 heteroatoms. The third-order valence-electron chi connectivity index (χ3n) is 6.56. The number of ether oxygens (including phenoxy) is 1. The number of hydrogen-bond acceptors (Lipinski definition) is 5. The highest BCUT2D eigenvalue weighted by Gasteiger charge is 2.44. The predicted octanol–water partition coefficient (Wildman–Crippen LogP) is 5.41. The maximum atomic E-state index is 14.0. The zero-order chi connectivity index (χ0) is 27.5. The number of carbonyl (C=O) groups excluding carboxylic acids is 3. The Bertz CT molecular complexity index is 1150. The van der Waals surface area contributed by atoms with Crippen LogP contribution in [0.15, 0.2) is 36.4 Å². The van der Waals surface area contributed by atoms with Crippen LogP contribution in [0.3, 0.4) is 0 Å². The molecular weight excluding hydrogens is 486 g/mol. The topological polar surface area (TPSA) is 87.7 Å². The first-order chi connectivity index (χ1) is 17.3. The molecule has 3 rings (SSSR count). The van der Waals surface area contributed by atoms with Gasteiger partial charge in [-0.3, -0.25) is 9.59 Å². The molecule has 1 aliphatic carbocycles. The minimum Gasteiger partial charge on any atom is -0.444 e. The Labute approximate surface area is 225 Å². The second kappa shape index (κ2) is 11.6. The maximum Gasteiger partial charge on any atom is 0.408 e. The lowest BCUT2D eigenvalue weighted by Gasteiger charge is -2.35. The lowest BCUT2D eigenvalue weighted by atomic mass is 9.94. The molecule has 1 saturated carbocycles. The van der Waals surface area contributed by atoms with Crippen LogP contribution in [0.5, 0.6) is 0 Å². The van der Waals surface area contributed by atoms with Crippen LogP contribution in [0, 0.1) is 27.7 Å². The molecule has 0 radical (unpaired) electrons. The number of para-hydroxylation sites is 1. The van der Waals surface area contributed by atoms with Crippen molar-refractivity contribution in [1.29, 1.82) is 0 Å². The molecule has 1 aliphatic rings. The summed E-state index contributed by atoms with van der Waals surface area (Å²) < 4.78 is 5.37. The Morgan fingerprint density at radius 3 is 2.11 bits per heavy atom. The summed E-state index contributed by atoms with van der Waals surface area (Å²) in [6.45, 7) is 13.1. The van der Waals surface area contributed by atoms with Gasteiger partial charge < -0.3 is 20.3 Å². The lowest BCUT2D eigenvalue weighted by Crippen LogP contribution is -2.54. The average Bonchev–Trinajstić information content (AvgIpc) is 3.64. The lowest BCUT2D eigenvalue weighted by molar-refractivity contribution is -0.141. The van der Waals surface area contributed by atoms with Gasteiger partial charge in [0.2, 0.25) is 5.91 Å². The van der Waals surface area contributed by atoms with Crippen LogP contribution in [0.2, 0.25) is 0 Å². The molecule has 7 nitrogen and oxygen atoms in total. The highest BCUT2D eigenvalue weighted by molar-refractivity contribution is 7.80. The third-order valence-corrected chi connectivity index (χ3v) is 6.93. The van der Waals surface area contributed by atoms with Crippen LogP contribution in [0.1, 0.15) is 67.5 Å². The van der Waals surface area contributed by atoms with Gasteiger partial charge in [-0.05, 0) is 89.1 Å². The molecule has 1 fully saturated rings. The number of anilines is 1. The molecule has 2 aromatic carbocycles. The monoisotopic (exact) mass is 525 g/mol. The molecule has 37 heavy (non-hydrogen) atoms. The van der Waals surface area contributed by atoms with Gasteiger partial charge in [-0.25, -0.2) is 4.79 Å². The fraction of sp³-hybridized carbons (Fsp3) is 0.483. The van der Waals surface area contributed by atoms with Crippen molar-refractivity contribution in [2.75, 3.05) is 11.1 Å². The molecule has 2 N–H and O–H groups in total. The number of carbonyl (C=O) groups is 3. The van der Waals surface area contributed by atoms with Crippen LogP contribution in [-0.4, -0.2) is 46.2 Å². The Balaban J connectivity index is 2.03. The first-order valence-corrected chi connectivity index (χ1v) is 13.3. The summed E-state index contributed by atoms with van der Waals surface area (Å²) >= 11 is 4.36. The molecular formula is C29H39N3O4S. The highest BCUT2D eigenvalue weighted by Crippen LogP contribution is 2.38. The normalized spacial score (nSPS) is 14.9. The van der Waals surface area contributed by atoms with Crippen LogP contribution >= 0.6 is 12.6 Å². The molecule has 0 bridgehead atoms. The quantitative estimate of drug-likeness (QED) is 0.402. The van der Waals surface area contributed by atoms with Gasteiger partial charge in [-0.2, -0.15) is 12.6 Å². The van der Waals surface area contributed by atoms with E-state index >= 15 is 0 Å². The van der Waals surface area contributed by atoms with Crippen molar-refractivity contribution in [3.05, 3.63) is 64.2 Å². The highest BCUT2D eigenvalue weighted by atomic mass is 32.1. The summed E-state index contributed by atoms with van der Waals surface area (Å²) in [7, 11) is 0. The van der Waals surface area contributed by atoms with E-state index in [0.29, 0.717) is 0 Å². The summed E-state index contributed by atoms with van der Waals surface area (Å²) in [5.41, 5.74) is 4.65. The second-order valence-corrected chi connectivity index (χ2v) is 11.2. The zero-order valence-electron chi connectivity index (χ0n) is 22.8. The van der Waals surface area contributed by atoms with E-state index in [1.807, 2.05) is 64.1 Å². The summed E-state index contributed by atoms with van der Waals surface area (Å²) in [5.74, 6) is -0.577. The van der Waals surface area contributed by atoms with E-state index in [0.717, 1.165) is 46.3 Å². The Hall–Kier alpha value is -3.00. The van der Waals surface area contributed by atoms with E-state index in [2.05, 4.69) is 23.3 Å². The Morgan fingerprint density at radius 1 is 1.00 bits per heavy atom. The van der Waals surface area contributed by atoms with Crippen molar-refractivity contribution < 1.29 is 19.1 Å². The largest absolute Gasteiger partial charge is 0.444 e. The molecule has 0 saturated heterocycles. The number of nitrogens with one attached hydrogen (secondary N) is 2. The van der Waals surface area contributed by atoms with Crippen molar-refractivity contribution >= 4 is 36.2 Å². The molecule has 0 heterocycles. The number of nitrogens with zero attached hydrogens (tertiary/aromatic N) is 1.